The predicted octanol–water partition coefficient (Wildman–Crippen LogP) is 1.70. The molecule has 0 fully saturated rings. The molecule has 24 heavy (non-hydrogen) atoms. The lowest BCUT2D eigenvalue weighted by molar-refractivity contribution is -0.139. The van der Waals surface area contributed by atoms with E-state index in [1.54, 1.807) is 41.2 Å². The lowest BCUT2D eigenvalue weighted by Gasteiger charge is -2.31. The first kappa shape index (κ1) is 16.3. The lowest BCUT2D eigenvalue weighted by Crippen LogP contribution is -2.42. The van der Waals surface area contributed by atoms with Crippen molar-refractivity contribution in [1.29, 1.82) is 0 Å². The third-order valence-electron chi connectivity index (χ3n) is 4.34. The summed E-state index contributed by atoms with van der Waals surface area (Å²) in [6.45, 7) is 5.38. The molecule has 1 aliphatic rings. The number of rotatable bonds is 4. The van der Waals surface area contributed by atoms with Crippen molar-refractivity contribution in [2.75, 3.05) is 6.54 Å². The Kier molecular flexibility index (Phi) is 4.17. The summed E-state index contributed by atoms with van der Waals surface area (Å²) in [5.41, 5.74) is 1.95. The van der Waals surface area contributed by atoms with Crippen LogP contribution >= 0.6 is 0 Å². The molecule has 0 aromatic carbocycles. The van der Waals surface area contributed by atoms with E-state index >= 15 is 0 Å². The van der Waals surface area contributed by atoms with Crippen molar-refractivity contribution in [3.05, 3.63) is 41.7 Å². The highest BCUT2D eigenvalue weighted by Crippen LogP contribution is 2.29. The predicted molar refractivity (Wildman–Crippen MR) is 87.6 cm³/mol. The van der Waals surface area contributed by atoms with Crippen LogP contribution in [0.4, 0.5) is 0 Å². The van der Waals surface area contributed by atoms with Gasteiger partial charge in [-0.05, 0) is 18.1 Å². The average Bonchev–Trinajstić information content (AvgIpc) is 3.11. The molecule has 1 atom stereocenters. The third-order valence-corrected chi connectivity index (χ3v) is 4.34. The van der Waals surface area contributed by atoms with Gasteiger partial charge in [0.1, 0.15) is 11.6 Å². The zero-order chi connectivity index (χ0) is 17.4. The Hall–Kier alpha value is -2.57. The molecule has 7 nitrogen and oxygen atoms in total. The summed E-state index contributed by atoms with van der Waals surface area (Å²) >= 11 is 0. The first-order valence-corrected chi connectivity index (χ1v) is 8.05. The summed E-state index contributed by atoms with van der Waals surface area (Å²) in [5, 5.41) is 9.66. The van der Waals surface area contributed by atoms with Crippen molar-refractivity contribution in [2.24, 2.45) is 13.0 Å². The van der Waals surface area contributed by atoms with Gasteiger partial charge in [0.2, 0.25) is 0 Å². The largest absolute Gasteiger partial charge is 0.481 e. The highest BCUT2D eigenvalue weighted by molar-refractivity contribution is 5.93. The number of amides is 1. The molecule has 0 spiro atoms. The smallest absolute Gasteiger partial charge is 0.314 e. The molecular formula is C17H22N4O3. The summed E-state index contributed by atoms with van der Waals surface area (Å²) in [6.07, 6.45) is 3.49. The van der Waals surface area contributed by atoms with Crippen LogP contribution < -0.4 is 0 Å². The highest BCUT2D eigenvalue weighted by atomic mass is 16.4. The van der Waals surface area contributed by atoms with E-state index in [9.17, 15) is 14.7 Å². The van der Waals surface area contributed by atoms with Gasteiger partial charge in [-0.1, -0.05) is 13.8 Å². The fraction of sp³-hybridized carbons (Fsp3) is 0.471. The van der Waals surface area contributed by atoms with Crippen LogP contribution in [0.2, 0.25) is 0 Å². The van der Waals surface area contributed by atoms with E-state index in [1.807, 2.05) is 4.57 Å². The molecule has 128 valence electrons. The second-order valence-corrected chi connectivity index (χ2v) is 6.70. The van der Waals surface area contributed by atoms with Crippen LogP contribution in [0.1, 0.15) is 41.6 Å². The highest BCUT2D eigenvalue weighted by Gasteiger charge is 2.36. The van der Waals surface area contributed by atoms with E-state index in [0.29, 0.717) is 23.9 Å². The quantitative estimate of drug-likeness (QED) is 0.925. The number of carbonyl (C=O) groups is 2. The van der Waals surface area contributed by atoms with Gasteiger partial charge in [0.05, 0.1) is 24.3 Å². The number of aromatic nitrogens is 3. The minimum absolute atomic E-state index is 0.163. The summed E-state index contributed by atoms with van der Waals surface area (Å²) < 4.78 is 3.66. The minimum atomic E-state index is -0.925. The summed E-state index contributed by atoms with van der Waals surface area (Å²) in [7, 11) is 1.80. The Labute approximate surface area is 140 Å². The molecule has 0 aliphatic carbocycles. The number of aryl methyl sites for hydroxylation is 1. The van der Waals surface area contributed by atoms with Crippen molar-refractivity contribution < 1.29 is 14.7 Å². The molecule has 3 heterocycles. The fourth-order valence-corrected chi connectivity index (χ4v) is 3.24. The van der Waals surface area contributed by atoms with Crippen LogP contribution in [-0.4, -0.2) is 42.5 Å². The van der Waals surface area contributed by atoms with Gasteiger partial charge in [-0.3, -0.25) is 9.59 Å². The molecule has 0 saturated carbocycles. The number of carboxylic acid groups (broad SMARTS) is 1. The monoisotopic (exact) mass is 330 g/mol. The van der Waals surface area contributed by atoms with Gasteiger partial charge in [-0.2, -0.15) is 0 Å². The van der Waals surface area contributed by atoms with Crippen molar-refractivity contribution in [3.63, 3.8) is 0 Å². The van der Waals surface area contributed by atoms with E-state index in [2.05, 4.69) is 18.8 Å². The summed E-state index contributed by atoms with van der Waals surface area (Å²) in [6, 6.07) is 3.54. The van der Waals surface area contributed by atoms with Crippen LogP contribution in [0.3, 0.4) is 0 Å². The summed E-state index contributed by atoms with van der Waals surface area (Å²) in [5.74, 6) is -1.45. The van der Waals surface area contributed by atoms with Crippen LogP contribution in [0.15, 0.2) is 24.7 Å². The molecule has 0 unspecified atom stereocenters. The van der Waals surface area contributed by atoms with Crippen molar-refractivity contribution in [3.8, 4) is 0 Å². The molecule has 0 bridgehead atoms. The van der Waals surface area contributed by atoms with Crippen molar-refractivity contribution in [1.82, 2.24) is 19.0 Å². The number of hydrogen-bond acceptors (Lipinski definition) is 3. The number of fused-ring (bicyclic) bond motifs is 1. The molecule has 2 aromatic rings. The van der Waals surface area contributed by atoms with Crippen molar-refractivity contribution >= 4 is 11.9 Å². The van der Waals surface area contributed by atoms with Gasteiger partial charge < -0.3 is 19.1 Å². The first-order valence-electron chi connectivity index (χ1n) is 8.05. The molecule has 1 N–H and O–H groups in total. The van der Waals surface area contributed by atoms with Crippen molar-refractivity contribution in [2.45, 2.75) is 32.9 Å². The lowest BCUT2D eigenvalue weighted by atomic mass is 9.97. The number of hydrogen-bond donors (Lipinski definition) is 1. The Bertz CT molecular complexity index is 775. The van der Waals surface area contributed by atoms with Crippen LogP contribution in [-0.2, 0) is 24.9 Å². The molecular weight excluding hydrogens is 308 g/mol. The second-order valence-electron chi connectivity index (χ2n) is 6.70. The zero-order valence-corrected chi connectivity index (χ0v) is 14.1. The normalized spacial score (nSPS) is 17.2. The zero-order valence-electron chi connectivity index (χ0n) is 14.1. The molecule has 2 aromatic heterocycles. The second kappa shape index (κ2) is 6.14. The third kappa shape index (κ3) is 2.81. The summed E-state index contributed by atoms with van der Waals surface area (Å²) in [4.78, 5) is 30.5. The number of nitrogens with zero attached hydrogens (tertiary/aromatic N) is 4. The Morgan fingerprint density at radius 2 is 2.17 bits per heavy atom. The minimum Gasteiger partial charge on any atom is -0.481 e. The van der Waals surface area contributed by atoms with E-state index in [-0.39, 0.29) is 12.5 Å². The van der Waals surface area contributed by atoms with Gasteiger partial charge in [0.25, 0.3) is 5.91 Å². The first-order chi connectivity index (χ1) is 11.4. The van der Waals surface area contributed by atoms with Crippen LogP contribution in [0.5, 0.6) is 0 Å². The molecule has 1 aliphatic heterocycles. The maximum atomic E-state index is 12.7. The van der Waals surface area contributed by atoms with Gasteiger partial charge in [-0.15, -0.1) is 0 Å². The fourth-order valence-electron chi connectivity index (χ4n) is 3.24. The molecule has 7 heteroatoms. The Morgan fingerprint density at radius 1 is 1.42 bits per heavy atom. The van der Waals surface area contributed by atoms with Gasteiger partial charge in [-0.25, -0.2) is 4.98 Å². The number of imidazole rings is 1. The topological polar surface area (TPSA) is 80.4 Å². The maximum Gasteiger partial charge on any atom is 0.314 e. The molecule has 3 rings (SSSR count). The van der Waals surface area contributed by atoms with Crippen LogP contribution in [0.25, 0.3) is 0 Å². The van der Waals surface area contributed by atoms with Gasteiger partial charge in [0.15, 0.2) is 0 Å². The van der Waals surface area contributed by atoms with Gasteiger partial charge in [0, 0.05) is 26.3 Å². The SMILES string of the molecule is CC(C)Cn1cnc2c1[C@@H](C(=O)O)CN(C(=O)c1cccn1C)C2. The molecule has 0 saturated heterocycles. The standard InChI is InChI=1S/C17H22N4O3/c1-11(2)7-21-10-18-13-9-20(8-12(15(13)21)17(23)24)16(22)14-5-4-6-19(14)3/h4-6,10-12H,7-9H2,1-3H3,(H,23,24)/t12-/m0/s1. The molecule has 1 amide bonds. The van der Waals surface area contributed by atoms with E-state index in [1.165, 1.54) is 0 Å². The van der Waals surface area contributed by atoms with E-state index in [4.69, 9.17) is 0 Å². The Morgan fingerprint density at radius 3 is 2.75 bits per heavy atom. The number of aliphatic carboxylic acids is 1. The average molecular weight is 330 g/mol. The molecule has 0 radical (unpaired) electrons. The van der Waals surface area contributed by atoms with E-state index in [0.717, 1.165) is 12.2 Å². The number of carbonyl (C=O) groups excluding carboxylic acids is 1. The van der Waals surface area contributed by atoms with Crippen LogP contribution in [0, 0.1) is 5.92 Å². The van der Waals surface area contributed by atoms with Gasteiger partial charge >= 0.3 is 5.97 Å². The number of carboxylic acids is 1. The maximum absolute atomic E-state index is 12.7. The Balaban J connectivity index is 1.94. The van der Waals surface area contributed by atoms with E-state index < -0.39 is 11.9 Å².